The standard InChI is InChI=1S/C18H17N3O2S2/c1-23-17(22)15(11-13-7-3-2-4-8-13)21(12-24)20-18-19-14-9-5-6-10-16(14)25-18/h2-10,12,15H,11H2,1H3,(H,19,20). The number of fused-ring (bicyclic) bond motifs is 1. The van der Waals surface area contributed by atoms with Crippen LogP contribution in [0.15, 0.2) is 54.6 Å². The topological polar surface area (TPSA) is 54.5 Å². The molecule has 0 fully saturated rings. The number of para-hydroxylation sites is 1. The molecule has 1 unspecified atom stereocenters. The van der Waals surface area contributed by atoms with Crippen molar-refractivity contribution in [1.82, 2.24) is 9.99 Å². The second-order valence-electron chi connectivity index (χ2n) is 5.34. The van der Waals surface area contributed by atoms with Gasteiger partial charge in [0.05, 0.1) is 22.8 Å². The van der Waals surface area contributed by atoms with E-state index in [1.807, 2.05) is 54.6 Å². The van der Waals surface area contributed by atoms with Gasteiger partial charge in [0.1, 0.15) is 0 Å². The van der Waals surface area contributed by atoms with Gasteiger partial charge in [-0.1, -0.05) is 66.0 Å². The van der Waals surface area contributed by atoms with Crippen LogP contribution in [0.2, 0.25) is 0 Å². The van der Waals surface area contributed by atoms with E-state index >= 15 is 0 Å². The number of thiocarbonyl (C=S) groups is 1. The second-order valence-corrected chi connectivity index (χ2v) is 6.58. The third-order valence-corrected chi connectivity index (χ3v) is 4.88. The number of hydrazine groups is 1. The number of hydrogen-bond donors (Lipinski definition) is 1. The maximum Gasteiger partial charge on any atom is 0.330 e. The molecule has 2 aromatic carbocycles. The van der Waals surface area contributed by atoms with Crippen molar-refractivity contribution in [2.45, 2.75) is 12.5 Å². The van der Waals surface area contributed by atoms with Gasteiger partial charge in [-0.2, -0.15) is 0 Å². The Morgan fingerprint density at radius 3 is 2.68 bits per heavy atom. The van der Waals surface area contributed by atoms with Crippen LogP contribution in [0.3, 0.4) is 0 Å². The summed E-state index contributed by atoms with van der Waals surface area (Å²) < 4.78 is 6.02. The van der Waals surface area contributed by atoms with Crippen molar-refractivity contribution in [1.29, 1.82) is 0 Å². The average molecular weight is 371 g/mol. The fourth-order valence-corrected chi connectivity index (χ4v) is 3.54. The van der Waals surface area contributed by atoms with Crippen LogP contribution < -0.4 is 5.43 Å². The van der Waals surface area contributed by atoms with Crippen LogP contribution in [0.4, 0.5) is 5.13 Å². The summed E-state index contributed by atoms with van der Waals surface area (Å²) in [5.74, 6) is -0.362. The van der Waals surface area contributed by atoms with Crippen LogP contribution in [0.5, 0.6) is 0 Å². The van der Waals surface area contributed by atoms with E-state index in [9.17, 15) is 4.79 Å². The lowest BCUT2D eigenvalue weighted by molar-refractivity contribution is -0.144. The fourth-order valence-electron chi connectivity index (χ4n) is 2.48. The molecule has 3 aromatic rings. The number of thiazole rings is 1. The van der Waals surface area contributed by atoms with E-state index in [2.05, 4.69) is 10.4 Å². The molecule has 1 aromatic heterocycles. The SMILES string of the molecule is COC(=O)C(Cc1ccccc1)N(C=S)Nc1nc2ccccc2s1. The van der Waals surface area contributed by atoms with Crippen LogP contribution in [0.1, 0.15) is 5.56 Å². The third-order valence-electron chi connectivity index (χ3n) is 3.71. The lowest BCUT2D eigenvalue weighted by Crippen LogP contribution is -2.45. The number of rotatable bonds is 7. The van der Waals surface area contributed by atoms with Gasteiger partial charge in [0, 0.05) is 6.42 Å². The number of nitrogens with one attached hydrogen (secondary N) is 1. The Morgan fingerprint density at radius 2 is 2.00 bits per heavy atom. The van der Waals surface area contributed by atoms with Crippen molar-refractivity contribution in [3.8, 4) is 0 Å². The molecule has 3 rings (SSSR count). The molecule has 5 nitrogen and oxygen atoms in total. The van der Waals surface area contributed by atoms with Crippen molar-refractivity contribution in [2.75, 3.05) is 12.5 Å². The minimum absolute atomic E-state index is 0.362. The lowest BCUT2D eigenvalue weighted by atomic mass is 10.1. The van der Waals surface area contributed by atoms with Crippen molar-refractivity contribution in [3.63, 3.8) is 0 Å². The first kappa shape index (κ1) is 17.3. The fraction of sp³-hybridized carbons (Fsp3) is 0.167. The number of hydrogen-bond acceptors (Lipinski definition) is 6. The van der Waals surface area contributed by atoms with Gasteiger partial charge >= 0.3 is 5.97 Å². The molecule has 7 heteroatoms. The number of anilines is 1. The van der Waals surface area contributed by atoms with E-state index in [-0.39, 0.29) is 5.97 Å². The zero-order chi connectivity index (χ0) is 17.6. The van der Waals surface area contributed by atoms with Gasteiger partial charge < -0.3 is 4.74 Å². The van der Waals surface area contributed by atoms with Crippen LogP contribution >= 0.6 is 23.6 Å². The molecule has 0 aliphatic rings. The molecule has 1 heterocycles. The Bertz CT molecular complexity index is 834. The van der Waals surface area contributed by atoms with Crippen molar-refractivity contribution >= 4 is 50.4 Å². The monoisotopic (exact) mass is 371 g/mol. The summed E-state index contributed by atoms with van der Waals surface area (Å²) in [5.41, 5.74) is 6.47. The highest BCUT2D eigenvalue weighted by Crippen LogP contribution is 2.26. The van der Waals surface area contributed by atoms with Gasteiger partial charge in [-0.15, -0.1) is 0 Å². The second kappa shape index (κ2) is 8.04. The molecule has 0 aliphatic heterocycles. The number of methoxy groups -OCH3 is 1. The molecule has 25 heavy (non-hydrogen) atoms. The molecule has 0 saturated heterocycles. The Morgan fingerprint density at radius 1 is 1.28 bits per heavy atom. The van der Waals surface area contributed by atoms with Gasteiger partial charge in [0.2, 0.25) is 5.13 Å². The molecular weight excluding hydrogens is 354 g/mol. The highest BCUT2D eigenvalue weighted by Gasteiger charge is 2.26. The predicted octanol–water partition coefficient (Wildman–Crippen LogP) is 3.67. The third kappa shape index (κ3) is 4.12. The van der Waals surface area contributed by atoms with Gasteiger partial charge in [-0.25, -0.2) is 9.78 Å². The molecular formula is C18H17N3O2S2. The summed E-state index contributed by atoms with van der Waals surface area (Å²) >= 11 is 6.62. The van der Waals surface area contributed by atoms with Gasteiger partial charge in [0.25, 0.3) is 0 Å². The molecule has 0 aliphatic carbocycles. The minimum Gasteiger partial charge on any atom is -0.467 e. The summed E-state index contributed by atoms with van der Waals surface area (Å²) in [6.07, 6.45) is 0.471. The zero-order valence-electron chi connectivity index (χ0n) is 13.6. The zero-order valence-corrected chi connectivity index (χ0v) is 15.2. The lowest BCUT2D eigenvalue weighted by Gasteiger charge is -2.27. The summed E-state index contributed by atoms with van der Waals surface area (Å²) in [4.78, 5) is 16.8. The highest BCUT2D eigenvalue weighted by atomic mass is 32.1. The highest BCUT2D eigenvalue weighted by molar-refractivity contribution is 7.78. The maximum absolute atomic E-state index is 12.3. The normalized spacial score (nSPS) is 11.7. The molecule has 0 saturated carbocycles. The van der Waals surface area contributed by atoms with E-state index in [0.717, 1.165) is 15.8 Å². The first-order valence-electron chi connectivity index (χ1n) is 7.69. The number of esters is 1. The van der Waals surface area contributed by atoms with Crippen LogP contribution in [0, 0.1) is 0 Å². The Hall–Kier alpha value is -2.51. The van der Waals surface area contributed by atoms with E-state index in [1.54, 1.807) is 5.01 Å². The first-order valence-corrected chi connectivity index (χ1v) is 8.97. The summed E-state index contributed by atoms with van der Waals surface area (Å²) in [5, 5.41) is 2.25. The van der Waals surface area contributed by atoms with E-state index in [0.29, 0.717) is 11.6 Å². The minimum atomic E-state index is -0.586. The molecule has 0 amide bonds. The Labute approximate surface area is 155 Å². The number of benzene rings is 2. The molecule has 128 valence electrons. The largest absolute Gasteiger partial charge is 0.467 e. The number of ether oxygens (including phenoxy) is 1. The van der Waals surface area contributed by atoms with Gasteiger partial charge in [-0.05, 0) is 17.7 Å². The Balaban J connectivity index is 1.83. The van der Waals surface area contributed by atoms with Crippen LogP contribution in [0.25, 0.3) is 10.2 Å². The molecule has 0 spiro atoms. The van der Waals surface area contributed by atoms with E-state index in [4.69, 9.17) is 17.0 Å². The summed E-state index contributed by atoms with van der Waals surface area (Å²) in [7, 11) is 1.37. The van der Waals surface area contributed by atoms with Gasteiger partial charge in [0.15, 0.2) is 6.04 Å². The van der Waals surface area contributed by atoms with E-state index < -0.39 is 6.04 Å². The number of aromatic nitrogens is 1. The summed E-state index contributed by atoms with van der Waals surface area (Å²) in [6.45, 7) is 0. The number of carbonyl (C=O) groups is 1. The van der Waals surface area contributed by atoms with Crippen LogP contribution in [-0.2, 0) is 16.0 Å². The molecule has 1 N–H and O–H groups in total. The average Bonchev–Trinajstić information content (AvgIpc) is 3.07. The van der Waals surface area contributed by atoms with E-state index in [1.165, 1.54) is 23.9 Å². The quantitative estimate of drug-likeness (QED) is 0.389. The number of nitrogens with zero attached hydrogens (tertiary/aromatic N) is 2. The van der Waals surface area contributed by atoms with Crippen molar-refractivity contribution < 1.29 is 9.53 Å². The number of carbonyl (C=O) groups excluding carboxylic acids is 1. The molecule has 0 bridgehead atoms. The predicted molar refractivity (Wildman–Crippen MR) is 105 cm³/mol. The summed E-state index contributed by atoms with van der Waals surface area (Å²) in [6, 6.07) is 17.0. The van der Waals surface area contributed by atoms with Crippen molar-refractivity contribution in [2.24, 2.45) is 0 Å². The smallest absolute Gasteiger partial charge is 0.330 e. The molecule has 0 radical (unpaired) electrons. The molecule has 1 atom stereocenters. The van der Waals surface area contributed by atoms with Gasteiger partial charge in [-0.3, -0.25) is 10.4 Å². The van der Waals surface area contributed by atoms with Crippen molar-refractivity contribution in [3.05, 3.63) is 60.2 Å². The Kier molecular flexibility index (Phi) is 5.57. The van der Waals surface area contributed by atoms with Crippen LogP contribution in [-0.4, -0.2) is 34.6 Å². The first-order chi connectivity index (χ1) is 12.2. The maximum atomic E-state index is 12.3.